The molecule has 0 aromatic heterocycles. The molecule has 0 heterocycles. The molecule has 2 heteroatoms. The van der Waals surface area contributed by atoms with Crippen LogP contribution in [-0.2, 0) is 0 Å². The molecule has 0 saturated heterocycles. The molecule has 0 saturated carbocycles. The Bertz CT molecular complexity index is 194. The van der Waals surface area contributed by atoms with Crippen LogP contribution < -0.4 is 0 Å². The molecule has 2 atom stereocenters. The minimum Gasteiger partial charge on any atom is -0.389 e. The van der Waals surface area contributed by atoms with Crippen LogP contribution in [0.1, 0.15) is 6.92 Å². The highest BCUT2D eigenvalue weighted by atomic mass is 28.3. The molecule has 0 fully saturated rings. The van der Waals surface area contributed by atoms with E-state index in [4.69, 9.17) is 0 Å². The first kappa shape index (κ1) is 8.75. The van der Waals surface area contributed by atoms with Gasteiger partial charge in [0, 0.05) is 5.92 Å². The van der Waals surface area contributed by atoms with Gasteiger partial charge in [-0.1, -0.05) is 43.4 Å². The van der Waals surface area contributed by atoms with Crippen LogP contribution in [0.4, 0.5) is 0 Å². The van der Waals surface area contributed by atoms with Crippen LogP contribution in [0.3, 0.4) is 0 Å². The Labute approximate surface area is 70.0 Å². The summed E-state index contributed by atoms with van der Waals surface area (Å²) in [6.07, 6.45) is 5.96. The Hall–Kier alpha value is -0.343. The van der Waals surface area contributed by atoms with Gasteiger partial charge in [-0.15, -0.1) is 0 Å². The molecule has 1 aliphatic carbocycles. The molecule has 0 unspecified atom stereocenters. The van der Waals surface area contributed by atoms with Gasteiger partial charge in [0.05, 0.1) is 14.9 Å². The van der Waals surface area contributed by atoms with E-state index in [1.165, 1.54) is 5.20 Å². The largest absolute Gasteiger partial charge is 0.389 e. The van der Waals surface area contributed by atoms with Gasteiger partial charge in [0.25, 0.3) is 0 Å². The average Bonchev–Trinajstić information content (AvgIpc) is 1.94. The van der Waals surface area contributed by atoms with Crippen molar-refractivity contribution in [3.63, 3.8) is 0 Å². The second-order valence-electron chi connectivity index (χ2n) is 3.31. The first-order chi connectivity index (χ1) is 5.13. The Kier molecular flexibility index (Phi) is 2.68. The number of hydrogen-bond acceptors (Lipinski definition) is 1. The van der Waals surface area contributed by atoms with Gasteiger partial charge in [0.1, 0.15) is 0 Å². The highest BCUT2D eigenvalue weighted by molar-refractivity contribution is 6.64. The van der Waals surface area contributed by atoms with Gasteiger partial charge in [-0.3, -0.25) is 0 Å². The first-order valence-corrected chi connectivity index (χ1v) is 6.50. The summed E-state index contributed by atoms with van der Waals surface area (Å²) in [5.74, 6) is 0.301. The molecule has 0 aliphatic heterocycles. The Morgan fingerprint density at radius 2 is 2.09 bits per heavy atom. The third kappa shape index (κ3) is 1.82. The summed E-state index contributed by atoms with van der Waals surface area (Å²) in [6.45, 7) is 6.48. The van der Waals surface area contributed by atoms with Crippen molar-refractivity contribution in [2.75, 3.05) is 0 Å². The molecule has 1 N–H and O–H groups in total. The number of aliphatic hydroxyl groups excluding tert-OH is 1. The lowest BCUT2D eigenvalue weighted by atomic mass is 10.00. The summed E-state index contributed by atoms with van der Waals surface area (Å²) in [6, 6.07) is 0. The molecule has 0 amide bonds. The zero-order chi connectivity index (χ0) is 8.43. The molecule has 0 aromatic carbocycles. The van der Waals surface area contributed by atoms with Crippen LogP contribution in [0.2, 0.25) is 13.1 Å². The molecule has 1 nitrogen and oxygen atoms in total. The molecule has 61 valence electrons. The fraction of sp³-hybridized carbons (Fsp3) is 0.556. The molecule has 11 heavy (non-hydrogen) atoms. The Morgan fingerprint density at radius 3 is 2.55 bits per heavy atom. The van der Waals surface area contributed by atoms with E-state index in [1.807, 2.05) is 0 Å². The van der Waals surface area contributed by atoms with Crippen LogP contribution in [0.25, 0.3) is 0 Å². The zero-order valence-corrected chi connectivity index (χ0v) is 8.33. The van der Waals surface area contributed by atoms with E-state index < -0.39 is 8.80 Å². The standard InChI is InChI=1S/C9H15OSi/c1-7-5-4-6-8(9(7)10)11(2)3/h4-7,9-10H,1-3H3/t7-,9-/m0/s1. The SMILES string of the molecule is C[C@H]1C=CC=C([Si](C)C)[C@H]1O. The van der Waals surface area contributed by atoms with Crippen molar-refractivity contribution in [1.29, 1.82) is 0 Å². The fourth-order valence-electron chi connectivity index (χ4n) is 1.28. The molecule has 1 radical (unpaired) electrons. The van der Waals surface area contributed by atoms with Gasteiger partial charge < -0.3 is 5.11 Å². The van der Waals surface area contributed by atoms with Gasteiger partial charge in [-0.2, -0.15) is 0 Å². The normalized spacial score (nSPS) is 30.8. The second-order valence-corrected chi connectivity index (χ2v) is 5.89. The van der Waals surface area contributed by atoms with E-state index in [1.54, 1.807) is 0 Å². The summed E-state index contributed by atoms with van der Waals surface area (Å²) in [4.78, 5) is 0. The molecule has 0 aromatic rings. The average molecular weight is 167 g/mol. The second kappa shape index (κ2) is 3.37. The zero-order valence-electron chi connectivity index (χ0n) is 7.33. The van der Waals surface area contributed by atoms with E-state index in [-0.39, 0.29) is 6.10 Å². The van der Waals surface area contributed by atoms with Crippen LogP contribution in [0.5, 0.6) is 0 Å². The minimum atomic E-state index is -0.457. The maximum Gasteiger partial charge on any atom is 0.0775 e. The summed E-state index contributed by atoms with van der Waals surface area (Å²) in [5.41, 5.74) is 0. The van der Waals surface area contributed by atoms with Crippen molar-refractivity contribution in [3.8, 4) is 0 Å². The van der Waals surface area contributed by atoms with E-state index in [0.29, 0.717) is 5.92 Å². The monoisotopic (exact) mass is 167 g/mol. The van der Waals surface area contributed by atoms with Crippen LogP contribution in [0, 0.1) is 5.92 Å². The summed E-state index contributed by atoms with van der Waals surface area (Å²) in [7, 11) is -0.457. The summed E-state index contributed by atoms with van der Waals surface area (Å²) < 4.78 is 0. The predicted molar refractivity (Wildman–Crippen MR) is 49.9 cm³/mol. The molecule has 1 rings (SSSR count). The van der Waals surface area contributed by atoms with E-state index in [0.717, 1.165) is 0 Å². The topological polar surface area (TPSA) is 20.2 Å². The van der Waals surface area contributed by atoms with E-state index >= 15 is 0 Å². The van der Waals surface area contributed by atoms with Gasteiger partial charge in [-0.25, -0.2) is 0 Å². The molecule has 0 bridgehead atoms. The lowest BCUT2D eigenvalue weighted by Gasteiger charge is -2.23. The smallest absolute Gasteiger partial charge is 0.0775 e. The van der Waals surface area contributed by atoms with Gasteiger partial charge in [-0.05, 0) is 0 Å². The van der Waals surface area contributed by atoms with Crippen molar-refractivity contribution < 1.29 is 5.11 Å². The number of allylic oxidation sites excluding steroid dienone is 2. The van der Waals surface area contributed by atoms with E-state index in [9.17, 15) is 5.11 Å². The van der Waals surface area contributed by atoms with E-state index in [2.05, 4.69) is 38.2 Å². The molecule has 1 aliphatic rings. The number of rotatable bonds is 1. The number of aliphatic hydroxyl groups is 1. The maximum atomic E-state index is 9.71. The first-order valence-electron chi connectivity index (χ1n) is 4.00. The van der Waals surface area contributed by atoms with Gasteiger partial charge in [0.15, 0.2) is 0 Å². The molecular weight excluding hydrogens is 152 g/mol. The highest BCUT2D eigenvalue weighted by Crippen LogP contribution is 2.20. The van der Waals surface area contributed by atoms with Crippen molar-refractivity contribution >= 4 is 8.80 Å². The molecule has 0 spiro atoms. The van der Waals surface area contributed by atoms with Crippen LogP contribution in [0.15, 0.2) is 23.4 Å². The maximum absolute atomic E-state index is 9.71. The summed E-state index contributed by atoms with van der Waals surface area (Å²) in [5, 5.41) is 11.0. The minimum absolute atomic E-state index is 0.219. The van der Waals surface area contributed by atoms with Gasteiger partial charge >= 0.3 is 0 Å². The van der Waals surface area contributed by atoms with Crippen LogP contribution in [-0.4, -0.2) is 20.0 Å². The highest BCUT2D eigenvalue weighted by Gasteiger charge is 2.21. The molecular formula is C9H15OSi. The third-order valence-electron chi connectivity index (χ3n) is 2.08. The predicted octanol–water partition coefficient (Wildman–Crippen LogP) is 1.77. The van der Waals surface area contributed by atoms with Crippen molar-refractivity contribution in [3.05, 3.63) is 23.4 Å². The number of hydrogen-bond donors (Lipinski definition) is 1. The van der Waals surface area contributed by atoms with Crippen molar-refractivity contribution in [2.24, 2.45) is 5.92 Å². The fourth-order valence-corrected chi connectivity index (χ4v) is 2.57. The lowest BCUT2D eigenvalue weighted by molar-refractivity contribution is 0.178. The summed E-state index contributed by atoms with van der Waals surface area (Å²) >= 11 is 0. The van der Waals surface area contributed by atoms with Crippen molar-refractivity contribution in [1.82, 2.24) is 0 Å². The quantitative estimate of drug-likeness (QED) is 0.590. The Morgan fingerprint density at radius 1 is 1.45 bits per heavy atom. The lowest BCUT2D eigenvalue weighted by Crippen LogP contribution is -2.27. The van der Waals surface area contributed by atoms with Crippen LogP contribution >= 0.6 is 0 Å². The van der Waals surface area contributed by atoms with Gasteiger partial charge in [0.2, 0.25) is 0 Å². The van der Waals surface area contributed by atoms with Crippen molar-refractivity contribution in [2.45, 2.75) is 26.1 Å². The Balaban J connectivity index is 2.78. The third-order valence-corrected chi connectivity index (χ3v) is 3.70.